The first-order valence-electron chi connectivity index (χ1n) is 8.19. The largest absolute Gasteiger partial charge is 0.296 e. The van der Waals surface area contributed by atoms with E-state index in [-0.39, 0.29) is 5.91 Å². The van der Waals surface area contributed by atoms with Crippen molar-refractivity contribution >= 4 is 60.8 Å². The molecule has 1 N–H and O–H groups in total. The molecule has 3 aromatic carbocycles. The van der Waals surface area contributed by atoms with Crippen molar-refractivity contribution in [1.29, 1.82) is 0 Å². The molecular weight excluding hydrogens is 442 g/mol. The predicted molar refractivity (Wildman–Crippen MR) is 116 cm³/mol. The van der Waals surface area contributed by atoms with Crippen LogP contribution in [-0.4, -0.2) is 16.1 Å². The molecule has 0 unspecified atom stereocenters. The van der Waals surface area contributed by atoms with Crippen molar-refractivity contribution < 1.29 is 4.79 Å². The number of anilines is 1. The van der Waals surface area contributed by atoms with Gasteiger partial charge in [0.1, 0.15) is 0 Å². The van der Waals surface area contributed by atoms with Gasteiger partial charge in [0, 0.05) is 15.8 Å². The lowest BCUT2D eigenvalue weighted by atomic mass is 10.1. The van der Waals surface area contributed by atoms with E-state index in [2.05, 4.69) is 67.8 Å². The standard InChI is InChI=1S/C20H14BrN3OS2/c21-16-9-4-7-14(11-16)18(25)22-19-23-24-20(27-19)26-12-15-8-3-6-13-5-1-2-10-17(13)15/h1-11H,12H2,(H,22,23,25). The van der Waals surface area contributed by atoms with E-state index < -0.39 is 0 Å². The van der Waals surface area contributed by atoms with E-state index >= 15 is 0 Å². The highest BCUT2D eigenvalue weighted by molar-refractivity contribution is 9.10. The van der Waals surface area contributed by atoms with Crippen LogP contribution in [0.5, 0.6) is 0 Å². The van der Waals surface area contributed by atoms with Crippen LogP contribution in [0, 0.1) is 0 Å². The van der Waals surface area contributed by atoms with Crippen LogP contribution >= 0.6 is 39.0 Å². The minimum absolute atomic E-state index is 0.196. The van der Waals surface area contributed by atoms with Crippen molar-refractivity contribution in [1.82, 2.24) is 10.2 Å². The molecule has 4 rings (SSSR count). The highest BCUT2D eigenvalue weighted by Gasteiger charge is 2.11. The molecule has 1 amide bonds. The van der Waals surface area contributed by atoms with Crippen molar-refractivity contribution in [3.05, 3.63) is 82.3 Å². The number of rotatable bonds is 5. The van der Waals surface area contributed by atoms with Gasteiger partial charge in [-0.1, -0.05) is 87.6 Å². The van der Waals surface area contributed by atoms with Gasteiger partial charge >= 0.3 is 0 Å². The lowest BCUT2D eigenvalue weighted by Crippen LogP contribution is -2.11. The minimum atomic E-state index is -0.196. The number of carbonyl (C=O) groups excluding carboxylic acids is 1. The first kappa shape index (κ1) is 18.2. The highest BCUT2D eigenvalue weighted by atomic mass is 79.9. The second kappa shape index (κ2) is 8.21. The zero-order chi connectivity index (χ0) is 18.6. The number of hydrogen-bond donors (Lipinski definition) is 1. The summed E-state index contributed by atoms with van der Waals surface area (Å²) in [5.74, 6) is 0.605. The Kier molecular flexibility index (Phi) is 5.52. The molecule has 0 bridgehead atoms. The third-order valence-electron chi connectivity index (χ3n) is 3.94. The highest BCUT2D eigenvalue weighted by Crippen LogP contribution is 2.31. The number of halogens is 1. The fourth-order valence-electron chi connectivity index (χ4n) is 2.68. The first-order valence-corrected chi connectivity index (χ1v) is 10.8. The maximum atomic E-state index is 12.3. The summed E-state index contributed by atoms with van der Waals surface area (Å²) in [7, 11) is 0. The average Bonchev–Trinajstić information content (AvgIpc) is 3.13. The zero-order valence-electron chi connectivity index (χ0n) is 14.1. The van der Waals surface area contributed by atoms with E-state index in [9.17, 15) is 4.79 Å². The molecule has 0 aliphatic heterocycles. The topological polar surface area (TPSA) is 54.9 Å². The molecule has 0 aliphatic rings. The maximum Gasteiger partial charge on any atom is 0.257 e. The number of benzene rings is 3. The molecule has 0 saturated carbocycles. The van der Waals surface area contributed by atoms with Gasteiger partial charge in [-0.3, -0.25) is 10.1 Å². The molecular formula is C20H14BrN3OS2. The molecule has 0 saturated heterocycles. The van der Waals surface area contributed by atoms with Crippen LogP contribution in [0.4, 0.5) is 5.13 Å². The molecule has 1 heterocycles. The van der Waals surface area contributed by atoms with E-state index in [0.717, 1.165) is 14.6 Å². The van der Waals surface area contributed by atoms with Gasteiger partial charge in [0.15, 0.2) is 4.34 Å². The van der Waals surface area contributed by atoms with Crippen LogP contribution in [0.1, 0.15) is 15.9 Å². The van der Waals surface area contributed by atoms with E-state index in [4.69, 9.17) is 0 Å². The van der Waals surface area contributed by atoms with Gasteiger partial charge in [-0.2, -0.15) is 0 Å². The Labute approximate surface area is 173 Å². The van der Waals surface area contributed by atoms with Crippen molar-refractivity contribution in [3.63, 3.8) is 0 Å². The number of fused-ring (bicyclic) bond motifs is 1. The van der Waals surface area contributed by atoms with Gasteiger partial charge < -0.3 is 0 Å². The Morgan fingerprint density at radius 2 is 1.85 bits per heavy atom. The predicted octanol–water partition coefficient (Wildman–Crippen LogP) is 6.00. The number of carbonyl (C=O) groups is 1. The summed E-state index contributed by atoms with van der Waals surface area (Å²) in [5, 5.41) is 14.1. The van der Waals surface area contributed by atoms with Crippen LogP contribution < -0.4 is 5.32 Å². The SMILES string of the molecule is O=C(Nc1nnc(SCc2cccc3ccccc23)s1)c1cccc(Br)c1. The summed E-state index contributed by atoms with van der Waals surface area (Å²) >= 11 is 6.37. The van der Waals surface area contributed by atoms with E-state index in [1.807, 2.05) is 18.2 Å². The second-order valence-corrected chi connectivity index (χ2v) is 8.88. The Morgan fingerprint density at radius 1 is 1.04 bits per heavy atom. The lowest BCUT2D eigenvalue weighted by molar-refractivity contribution is 0.102. The molecule has 0 spiro atoms. The lowest BCUT2D eigenvalue weighted by Gasteiger charge is -2.04. The van der Waals surface area contributed by atoms with Gasteiger partial charge in [-0.05, 0) is 34.5 Å². The average molecular weight is 456 g/mol. The molecule has 0 fully saturated rings. The summed E-state index contributed by atoms with van der Waals surface area (Å²) in [4.78, 5) is 12.3. The van der Waals surface area contributed by atoms with Gasteiger partial charge in [0.2, 0.25) is 5.13 Å². The van der Waals surface area contributed by atoms with Crippen molar-refractivity contribution in [3.8, 4) is 0 Å². The monoisotopic (exact) mass is 455 g/mol. The molecule has 27 heavy (non-hydrogen) atoms. The number of amides is 1. The molecule has 134 valence electrons. The zero-order valence-corrected chi connectivity index (χ0v) is 17.3. The molecule has 4 aromatic rings. The first-order chi connectivity index (χ1) is 13.2. The van der Waals surface area contributed by atoms with E-state index in [1.165, 1.54) is 27.7 Å². The molecule has 0 atom stereocenters. The third kappa shape index (κ3) is 4.37. The Morgan fingerprint density at radius 3 is 2.74 bits per heavy atom. The van der Waals surface area contributed by atoms with Crippen LogP contribution in [0.2, 0.25) is 0 Å². The summed E-state index contributed by atoms with van der Waals surface area (Å²) in [6.45, 7) is 0. The molecule has 1 aromatic heterocycles. The molecule has 4 nitrogen and oxygen atoms in total. The van der Waals surface area contributed by atoms with Crippen molar-refractivity contribution in [2.75, 3.05) is 5.32 Å². The van der Waals surface area contributed by atoms with Crippen LogP contribution in [0.15, 0.2) is 75.5 Å². The summed E-state index contributed by atoms with van der Waals surface area (Å²) in [6.07, 6.45) is 0. The number of hydrogen-bond acceptors (Lipinski definition) is 5. The van der Waals surface area contributed by atoms with Gasteiger partial charge in [0.25, 0.3) is 5.91 Å². The minimum Gasteiger partial charge on any atom is -0.296 e. The summed E-state index contributed by atoms with van der Waals surface area (Å²) < 4.78 is 1.69. The second-order valence-electron chi connectivity index (χ2n) is 5.76. The molecule has 7 heteroatoms. The summed E-state index contributed by atoms with van der Waals surface area (Å²) in [5.41, 5.74) is 1.83. The Bertz CT molecular complexity index is 1110. The Hall–Kier alpha value is -2.22. The smallest absolute Gasteiger partial charge is 0.257 e. The fraction of sp³-hybridized carbons (Fsp3) is 0.0500. The van der Waals surface area contributed by atoms with Crippen molar-refractivity contribution in [2.45, 2.75) is 10.1 Å². The van der Waals surface area contributed by atoms with Crippen molar-refractivity contribution in [2.24, 2.45) is 0 Å². The summed E-state index contributed by atoms with van der Waals surface area (Å²) in [6, 6.07) is 21.9. The quantitative estimate of drug-likeness (QED) is 0.296. The van der Waals surface area contributed by atoms with Gasteiger partial charge in [-0.15, -0.1) is 10.2 Å². The van der Waals surface area contributed by atoms with Crippen LogP contribution in [0.3, 0.4) is 0 Å². The Balaban J connectivity index is 1.43. The maximum absolute atomic E-state index is 12.3. The van der Waals surface area contributed by atoms with Crippen LogP contribution in [0.25, 0.3) is 10.8 Å². The third-order valence-corrected chi connectivity index (χ3v) is 6.46. The van der Waals surface area contributed by atoms with Gasteiger partial charge in [0.05, 0.1) is 0 Å². The van der Waals surface area contributed by atoms with Crippen LogP contribution in [-0.2, 0) is 5.75 Å². The fourth-order valence-corrected chi connectivity index (χ4v) is 4.83. The number of nitrogens with one attached hydrogen (secondary N) is 1. The molecule has 0 aliphatic carbocycles. The normalized spacial score (nSPS) is 10.9. The number of nitrogens with zero attached hydrogens (tertiary/aromatic N) is 2. The van der Waals surface area contributed by atoms with Gasteiger partial charge in [-0.25, -0.2) is 0 Å². The van der Waals surface area contributed by atoms with E-state index in [0.29, 0.717) is 10.7 Å². The molecule has 0 radical (unpaired) electrons. The number of thioether (sulfide) groups is 1. The number of aromatic nitrogens is 2. The van der Waals surface area contributed by atoms with E-state index in [1.54, 1.807) is 23.9 Å².